The van der Waals surface area contributed by atoms with Gasteiger partial charge < -0.3 is 5.11 Å². The standard InChI is InChI=1S/C9H7F3O/c10-5-1-2-6(11)8(12)7(5)9(13)3-4-9/h1-2,13H,3-4H2. The van der Waals surface area contributed by atoms with Crippen molar-refractivity contribution in [1.29, 1.82) is 0 Å². The molecule has 1 saturated carbocycles. The Labute approximate surface area is 72.8 Å². The van der Waals surface area contributed by atoms with Gasteiger partial charge in [0.2, 0.25) is 0 Å². The van der Waals surface area contributed by atoms with E-state index < -0.39 is 28.6 Å². The second-order valence-corrected chi connectivity index (χ2v) is 3.25. The summed E-state index contributed by atoms with van der Waals surface area (Å²) in [5, 5.41) is 9.44. The van der Waals surface area contributed by atoms with Gasteiger partial charge in [-0.25, -0.2) is 13.2 Å². The van der Waals surface area contributed by atoms with Gasteiger partial charge in [-0.15, -0.1) is 0 Å². The van der Waals surface area contributed by atoms with Crippen molar-refractivity contribution in [3.8, 4) is 0 Å². The van der Waals surface area contributed by atoms with Crippen LogP contribution in [-0.4, -0.2) is 5.11 Å². The van der Waals surface area contributed by atoms with Crippen LogP contribution in [0.15, 0.2) is 12.1 Å². The number of benzene rings is 1. The van der Waals surface area contributed by atoms with Gasteiger partial charge in [-0.3, -0.25) is 0 Å². The van der Waals surface area contributed by atoms with Crippen molar-refractivity contribution in [2.24, 2.45) is 0 Å². The Bertz CT molecular complexity index is 358. The van der Waals surface area contributed by atoms with Crippen molar-refractivity contribution >= 4 is 0 Å². The summed E-state index contributed by atoms with van der Waals surface area (Å²) in [5.74, 6) is -3.30. The smallest absolute Gasteiger partial charge is 0.167 e. The quantitative estimate of drug-likeness (QED) is 0.669. The van der Waals surface area contributed by atoms with E-state index in [1.165, 1.54) is 0 Å². The van der Waals surface area contributed by atoms with Gasteiger partial charge in [0.05, 0.1) is 11.2 Å². The highest BCUT2D eigenvalue weighted by Crippen LogP contribution is 2.47. The number of rotatable bonds is 1. The van der Waals surface area contributed by atoms with Crippen LogP contribution < -0.4 is 0 Å². The molecular weight excluding hydrogens is 181 g/mol. The molecule has 1 aromatic carbocycles. The molecule has 1 nitrogen and oxygen atoms in total. The lowest BCUT2D eigenvalue weighted by molar-refractivity contribution is 0.140. The van der Waals surface area contributed by atoms with Gasteiger partial charge >= 0.3 is 0 Å². The molecule has 1 fully saturated rings. The van der Waals surface area contributed by atoms with Crippen molar-refractivity contribution in [3.63, 3.8) is 0 Å². The van der Waals surface area contributed by atoms with Crippen LogP contribution in [0.4, 0.5) is 13.2 Å². The Kier molecular flexibility index (Phi) is 1.63. The Morgan fingerprint density at radius 3 is 2.15 bits per heavy atom. The van der Waals surface area contributed by atoms with Crippen LogP contribution >= 0.6 is 0 Å². The SMILES string of the molecule is OC1(c2c(F)ccc(F)c2F)CC1. The van der Waals surface area contributed by atoms with Crippen LogP contribution in [0.3, 0.4) is 0 Å². The minimum atomic E-state index is -1.48. The third kappa shape index (κ3) is 1.21. The third-order valence-electron chi connectivity index (χ3n) is 2.23. The molecule has 0 atom stereocenters. The van der Waals surface area contributed by atoms with Gasteiger partial charge in [-0.1, -0.05) is 0 Å². The van der Waals surface area contributed by atoms with Crippen LogP contribution in [0.1, 0.15) is 18.4 Å². The average Bonchev–Trinajstić information content (AvgIpc) is 2.78. The number of hydrogen-bond acceptors (Lipinski definition) is 1. The van der Waals surface area contributed by atoms with Crippen molar-refractivity contribution < 1.29 is 18.3 Å². The largest absolute Gasteiger partial charge is 0.385 e. The first-order chi connectivity index (χ1) is 6.04. The third-order valence-corrected chi connectivity index (χ3v) is 2.23. The molecule has 0 aromatic heterocycles. The molecule has 70 valence electrons. The molecule has 0 spiro atoms. The molecule has 0 radical (unpaired) electrons. The van der Waals surface area contributed by atoms with Crippen molar-refractivity contribution in [1.82, 2.24) is 0 Å². The molecule has 13 heavy (non-hydrogen) atoms. The molecule has 1 aliphatic carbocycles. The fourth-order valence-corrected chi connectivity index (χ4v) is 1.32. The Morgan fingerprint density at radius 1 is 1.08 bits per heavy atom. The Hall–Kier alpha value is -1.03. The first-order valence-corrected chi connectivity index (χ1v) is 3.91. The fourth-order valence-electron chi connectivity index (χ4n) is 1.32. The topological polar surface area (TPSA) is 20.2 Å². The van der Waals surface area contributed by atoms with E-state index in [4.69, 9.17) is 0 Å². The van der Waals surface area contributed by atoms with Crippen LogP contribution in [0.25, 0.3) is 0 Å². The molecule has 0 heterocycles. The second kappa shape index (κ2) is 2.48. The molecule has 0 aliphatic heterocycles. The molecule has 0 bridgehead atoms. The van der Waals surface area contributed by atoms with E-state index in [0.29, 0.717) is 6.07 Å². The normalized spacial score (nSPS) is 18.8. The highest BCUT2D eigenvalue weighted by atomic mass is 19.2. The van der Waals surface area contributed by atoms with Crippen LogP contribution in [0, 0.1) is 17.5 Å². The fraction of sp³-hybridized carbons (Fsp3) is 0.333. The summed E-state index contributed by atoms with van der Waals surface area (Å²) in [5.41, 5.74) is -2.01. The lowest BCUT2D eigenvalue weighted by Crippen LogP contribution is -2.11. The zero-order chi connectivity index (χ0) is 9.64. The average molecular weight is 188 g/mol. The van der Waals surface area contributed by atoms with E-state index in [2.05, 4.69) is 0 Å². The molecule has 0 amide bonds. The van der Waals surface area contributed by atoms with E-state index in [1.807, 2.05) is 0 Å². The highest BCUT2D eigenvalue weighted by molar-refractivity contribution is 5.31. The molecule has 1 aromatic rings. The number of halogens is 3. The number of hydrogen-bond donors (Lipinski definition) is 1. The highest BCUT2D eigenvalue weighted by Gasteiger charge is 2.46. The maximum Gasteiger partial charge on any atom is 0.167 e. The van der Waals surface area contributed by atoms with Crippen molar-refractivity contribution in [3.05, 3.63) is 35.1 Å². The van der Waals surface area contributed by atoms with Gasteiger partial charge in [0, 0.05) is 0 Å². The number of aliphatic hydroxyl groups is 1. The predicted molar refractivity (Wildman–Crippen MR) is 39.4 cm³/mol. The zero-order valence-corrected chi connectivity index (χ0v) is 6.65. The van der Waals surface area contributed by atoms with E-state index in [-0.39, 0.29) is 12.8 Å². The minimum absolute atomic E-state index is 0.282. The van der Waals surface area contributed by atoms with Crippen molar-refractivity contribution in [2.75, 3.05) is 0 Å². The summed E-state index contributed by atoms with van der Waals surface area (Å²) >= 11 is 0. The summed E-state index contributed by atoms with van der Waals surface area (Å²) in [7, 11) is 0. The van der Waals surface area contributed by atoms with E-state index in [1.54, 1.807) is 0 Å². The molecule has 4 heteroatoms. The minimum Gasteiger partial charge on any atom is -0.385 e. The first kappa shape index (κ1) is 8.56. The van der Waals surface area contributed by atoms with E-state index >= 15 is 0 Å². The van der Waals surface area contributed by atoms with Crippen LogP contribution in [0.2, 0.25) is 0 Å². The summed E-state index contributed by atoms with van der Waals surface area (Å²) in [4.78, 5) is 0. The molecule has 0 unspecified atom stereocenters. The Balaban J connectivity index is 2.61. The lowest BCUT2D eigenvalue weighted by Gasteiger charge is -2.10. The summed E-state index contributed by atoms with van der Waals surface area (Å²) in [6.45, 7) is 0. The predicted octanol–water partition coefficient (Wildman–Crippen LogP) is 2.09. The molecule has 2 rings (SSSR count). The maximum atomic E-state index is 13.0. The lowest BCUT2D eigenvalue weighted by atomic mass is 10.1. The van der Waals surface area contributed by atoms with Crippen LogP contribution in [0.5, 0.6) is 0 Å². The van der Waals surface area contributed by atoms with Gasteiger partial charge in [0.25, 0.3) is 0 Å². The maximum absolute atomic E-state index is 13.0. The van der Waals surface area contributed by atoms with E-state index in [0.717, 1.165) is 6.07 Å². The van der Waals surface area contributed by atoms with E-state index in [9.17, 15) is 18.3 Å². The monoisotopic (exact) mass is 188 g/mol. The summed E-state index contributed by atoms with van der Waals surface area (Å²) in [6, 6.07) is 1.53. The van der Waals surface area contributed by atoms with Crippen molar-refractivity contribution in [2.45, 2.75) is 18.4 Å². The second-order valence-electron chi connectivity index (χ2n) is 3.25. The summed E-state index contributed by atoms with van der Waals surface area (Å²) in [6.07, 6.45) is 0.564. The van der Waals surface area contributed by atoms with Gasteiger partial charge in [-0.2, -0.15) is 0 Å². The molecule has 1 N–H and O–H groups in total. The van der Waals surface area contributed by atoms with Gasteiger partial charge in [0.1, 0.15) is 5.82 Å². The zero-order valence-electron chi connectivity index (χ0n) is 6.65. The molecule has 0 saturated heterocycles. The van der Waals surface area contributed by atoms with Crippen LogP contribution in [-0.2, 0) is 5.60 Å². The molecular formula is C9H7F3O. The van der Waals surface area contributed by atoms with Gasteiger partial charge in [0.15, 0.2) is 11.6 Å². The first-order valence-electron chi connectivity index (χ1n) is 3.91. The molecule has 1 aliphatic rings. The van der Waals surface area contributed by atoms with Gasteiger partial charge in [-0.05, 0) is 25.0 Å². The summed E-state index contributed by atoms with van der Waals surface area (Å²) < 4.78 is 38.7. The Morgan fingerprint density at radius 2 is 1.62 bits per heavy atom.